The lowest BCUT2D eigenvalue weighted by Gasteiger charge is -2.29. The monoisotopic (exact) mass is 455 g/mol. The van der Waals surface area contributed by atoms with E-state index in [4.69, 9.17) is 9.47 Å². The lowest BCUT2D eigenvalue weighted by molar-refractivity contribution is -0.145. The van der Waals surface area contributed by atoms with E-state index in [2.05, 4.69) is 0 Å². The number of methoxy groups -OCH3 is 2. The van der Waals surface area contributed by atoms with E-state index in [9.17, 15) is 21.6 Å². The van der Waals surface area contributed by atoms with Crippen molar-refractivity contribution < 1.29 is 31.1 Å². The molecule has 0 radical (unpaired) electrons. The molecule has 0 fully saturated rings. The first-order chi connectivity index (χ1) is 14.1. The third-order valence-corrected chi connectivity index (χ3v) is 7.28. The average Bonchev–Trinajstić information content (AvgIpc) is 2.72. The van der Waals surface area contributed by atoms with Crippen molar-refractivity contribution in [1.82, 2.24) is 4.31 Å². The Balaban J connectivity index is 2.53. The van der Waals surface area contributed by atoms with Crippen molar-refractivity contribution in [1.29, 1.82) is 0 Å². The number of carbonyl (C=O) groups excluding carboxylic acids is 1. The van der Waals surface area contributed by atoms with Gasteiger partial charge in [0.25, 0.3) is 0 Å². The van der Waals surface area contributed by atoms with Crippen LogP contribution in [0.2, 0.25) is 0 Å². The first kappa shape index (κ1) is 23.8. The molecule has 8 nitrogen and oxygen atoms in total. The van der Waals surface area contributed by atoms with E-state index in [0.29, 0.717) is 11.3 Å². The molecule has 0 amide bonds. The molecule has 0 saturated carbocycles. The van der Waals surface area contributed by atoms with E-state index >= 15 is 0 Å². The molecule has 2 aromatic rings. The SMILES string of the molecule is COC(=O)C(CCS(C)(=O)=O)N(Cc1ccccc1)S(=O)(=O)c1ccc(OC)cc1. The van der Waals surface area contributed by atoms with Gasteiger partial charge in [0.15, 0.2) is 0 Å². The summed E-state index contributed by atoms with van der Waals surface area (Å²) in [5.41, 5.74) is 0.642. The largest absolute Gasteiger partial charge is 0.497 e. The van der Waals surface area contributed by atoms with Crippen molar-refractivity contribution in [2.24, 2.45) is 0 Å². The molecule has 30 heavy (non-hydrogen) atoms. The van der Waals surface area contributed by atoms with Crippen molar-refractivity contribution in [3.05, 3.63) is 60.2 Å². The minimum absolute atomic E-state index is 0.0486. The zero-order valence-corrected chi connectivity index (χ0v) is 18.6. The fourth-order valence-electron chi connectivity index (χ4n) is 2.85. The maximum Gasteiger partial charge on any atom is 0.324 e. The Morgan fingerprint density at radius 3 is 2.07 bits per heavy atom. The molecule has 0 bridgehead atoms. The molecule has 0 aliphatic carbocycles. The molecule has 2 aromatic carbocycles. The van der Waals surface area contributed by atoms with Crippen molar-refractivity contribution in [2.75, 3.05) is 26.2 Å². The predicted octanol–water partition coefficient (Wildman–Crippen LogP) is 1.86. The van der Waals surface area contributed by atoms with Gasteiger partial charge >= 0.3 is 5.97 Å². The highest BCUT2D eigenvalue weighted by molar-refractivity contribution is 7.90. The normalized spacial score (nSPS) is 13.1. The maximum atomic E-state index is 13.5. The average molecular weight is 456 g/mol. The zero-order valence-electron chi connectivity index (χ0n) is 17.0. The van der Waals surface area contributed by atoms with Crippen molar-refractivity contribution in [2.45, 2.75) is 23.9 Å². The van der Waals surface area contributed by atoms with Crippen LogP contribution in [0.25, 0.3) is 0 Å². The van der Waals surface area contributed by atoms with E-state index in [-0.39, 0.29) is 23.6 Å². The second kappa shape index (κ2) is 10.1. The standard InChI is InChI=1S/C20H25NO7S2/c1-27-17-9-11-18(12-10-17)30(25,26)21(15-16-7-5-4-6-8-16)19(20(22)28-2)13-14-29(3,23)24/h4-12,19H,13-15H2,1-3H3. The minimum atomic E-state index is -4.16. The number of hydrogen-bond donors (Lipinski definition) is 0. The van der Waals surface area contributed by atoms with Crippen molar-refractivity contribution >= 4 is 25.8 Å². The zero-order chi connectivity index (χ0) is 22.4. The van der Waals surface area contributed by atoms with Crippen LogP contribution >= 0.6 is 0 Å². The molecule has 2 rings (SSSR count). The van der Waals surface area contributed by atoms with Crippen LogP contribution in [0.5, 0.6) is 5.75 Å². The Hall–Kier alpha value is -2.43. The molecule has 164 valence electrons. The molecule has 0 aliphatic rings. The van der Waals surface area contributed by atoms with Crippen molar-refractivity contribution in [3.63, 3.8) is 0 Å². The molecule has 0 saturated heterocycles. The van der Waals surface area contributed by atoms with E-state index in [0.717, 1.165) is 17.7 Å². The summed E-state index contributed by atoms with van der Waals surface area (Å²) in [5, 5.41) is 0. The number of nitrogens with zero attached hydrogens (tertiary/aromatic N) is 1. The number of hydrogen-bond acceptors (Lipinski definition) is 7. The number of sulfonamides is 1. The van der Waals surface area contributed by atoms with Crippen LogP contribution in [0.4, 0.5) is 0 Å². The molecule has 1 unspecified atom stereocenters. The Morgan fingerprint density at radius 1 is 0.967 bits per heavy atom. The highest BCUT2D eigenvalue weighted by Gasteiger charge is 2.37. The summed E-state index contributed by atoms with van der Waals surface area (Å²) in [6.07, 6.45) is 0.800. The summed E-state index contributed by atoms with van der Waals surface area (Å²) >= 11 is 0. The van der Waals surface area contributed by atoms with Gasteiger partial charge in [0.05, 0.1) is 24.9 Å². The van der Waals surface area contributed by atoms with Gasteiger partial charge in [-0.1, -0.05) is 30.3 Å². The molecule has 0 aromatic heterocycles. The van der Waals surface area contributed by atoms with Gasteiger partial charge < -0.3 is 9.47 Å². The lowest BCUT2D eigenvalue weighted by Crippen LogP contribution is -2.46. The molecule has 0 aliphatic heterocycles. The first-order valence-corrected chi connectivity index (χ1v) is 12.5. The van der Waals surface area contributed by atoms with Gasteiger partial charge in [0, 0.05) is 12.8 Å². The topological polar surface area (TPSA) is 107 Å². The Kier molecular flexibility index (Phi) is 7.99. The highest BCUT2D eigenvalue weighted by atomic mass is 32.2. The minimum Gasteiger partial charge on any atom is -0.497 e. The molecular weight excluding hydrogens is 430 g/mol. The second-order valence-corrected chi connectivity index (χ2v) is 10.8. The second-order valence-electron chi connectivity index (χ2n) is 6.67. The highest BCUT2D eigenvalue weighted by Crippen LogP contribution is 2.25. The van der Waals surface area contributed by atoms with Crippen LogP contribution in [-0.2, 0) is 35.9 Å². The molecule has 10 heteroatoms. The van der Waals surface area contributed by atoms with Gasteiger partial charge in [0.2, 0.25) is 10.0 Å². The molecule has 1 atom stereocenters. The van der Waals surface area contributed by atoms with E-state index in [1.165, 1.54) is 31.4 Å². The maximum absolute atomic E-state index is 13.5. The number of rotatable bonds is 10. The predicted molar refractivity (Wildman–Crippen MR) is 112 cm³/mol. The molecule has 0 N–H and O–H groups in total. The smallest absolute Gasteiger partial charge is 0.324 e. The van der Waals surface area contributed by atoms with E-state index in [1.54, 1.807) is 30.3 Å². The van der Waals surface area contributed by atoms with Crippen LogP contribution in [0.1, 0.15) is 12.0 Å². The first-order valence-electron chi connectivity index (χ1n) is 9.04. The van der Waals surface area contributed by atoms with Gasteiger partial charge in [-0.05, 0) is 36.2 Å². The van der Waals surface area contributed by atoms with Crippen LogP contribution < -0.4 is 4.74 Å². The number of sulfone groups is 1. The van der Waals surface area contributed by atoms with Crippen LogP contribution in [0.15, 0.2) is 59.5 Å². The van der Waals surface area contributed by atoms with Gasteiger partial charge in [-0.25, -0.2) is 16.8 Å². The van der Waals surface area contributed by atoms with Crippen LogP contribution in [-0.4, -0.2) is 59.4 Å². The van der Waals surface area contributed by atoms with E-state index < -0.39 is 31.9 Å². The summed E-state index contributed by atoms with van der Waals surface area (Å²) in [6.45, 7) is -0.126. The van der Waals surface area contributed by atoms with E-state index in [1.807, 2.05) is 0 Å². The Labute approximate surface area is 177 Å². The van der Waals surface area contributed by atoms with Crippen LogP contribution in [0, 0.1) is 0 Å². The summed E-state index contributed by atoms with van der Waals surface area (Å²) in [4.78, 5) is 12.4. The summed E-state index contributed by atoms with van der Waals surface area (Å²) in [5.74, 6) is -0.715. The van der Waals surface area contributed by atoms with Crippen molar-refractivity contribution in [3.8, 4) is 5.75 Å². The van der Waals surface area contributed by atoms with Gasteiger partial charge in [-0.3, -0.25) is 4.79 Å². The Bertz CT molecular complexity index is 1050. The molecule has 0 spiro atoms. The number of benzene rings is 2. The summed E-state index contributed by atoms with van der Waals surface area (Å²) in [6, 6.07) is 13.2. The molecular formula is C20H25NO7S2. The number of esters is 1. The molecule has 0 heterocycles. The summed E-state index contributed by atoms with van der Waals surface area (Å²) < 4.78 is 61.1. The third-order valence-electron chi connectivity index (χ3n) is 4.43. The quantitative estimate of drug-likeness (QED) is 0.503. The fourth-order valence-corrected chi connectivity index (χ4v) is 5.10. The third kappa shape index (κ3) is 6.28. The van der Waals surface area contributed by atoms with Gasteiger partial charge in [-0.15, -0.1) is 0 Å². The number of carbonyl (C=O) groups is 1. The summed E-state index contributed by atoms with van der Waals surface area (Å²) in [7, 11) is -5.00. The fraction of sp³-hybridized carbons (Fsp3) is 0.350. The Morgan fingerprint density at radius 2 is 1.57 bits per heavy atom. The number of ether oxygens (including phenoxy) is 2. The van der Waals surface area contributed by atoms with Gasteiger partial charge in [-0.2, -0.15) is 4.31 Å². The van der Waals surface area contributed by atoms with Crippen LogP contribution in [0.3, 0.4) is 0 Å². The van der Waals surface area contributed by atoms with Gasteiger partial charge in [0.1, 0.15) is 21.6 Å². The lowest BCUT2D eigenvalue weighted by atomic mass is 10.2.